The first-order chi connectivity index (χ1) is 15.6. The second-order valence-electron chi connectivity index (χ2n) is 8.56. The summed E-state index contributed by atoms with van der Waals surface area (Å²) in [5.74, 6) is -0.740. The highest BCUT2D eigenvalue weighted by atomic mass is 16.2. The lowest BCUT2D eigenvalue weighted by Crippen LogP contribution is -2.24. The normalized spacial score (nSPS) is 16.9. The maximum absolute atomic E-state index is 12.9. The molecule has 1 aromatic heterocycles. The number of fused-ring (bicyclic) bond motifs is 1. The van der Waals surface area contributed by atoms with Crippen LogP contribution < -0.4 is 10.6 Å². The number of benzene rings is 2. The molecule has 3 aromatic rings. The van der Waals surface area contributed by atoms with Gasteiger partial charge in [-0.3, -0.25) is 14.9 Å². The minimum atomic E-state index is -0.390. The lowest BCUT2D eigenvalue weighted by atomic mass is 10.0. The molecule has 32 heavy (non-hydrogen) atoms. The molecule has 0 saturated carbocycles. The van der Waals surface area contributed by atoms with Crippen LogP contribution in [-0.2, 0) is 16.1 Å². The molecule has 2 aromatic carbocycles. The molecule has 1 saturated heterocycles. The first-order valence-electron chi connectivity index (χ1n) is 11.4. The van der Waals surface area contributed by atoms with Crippen LogP contribution in [0.2, 0.25) is 0 Å². The van der Waals surface area contributed by atoms with Crippen LogP contribution in [0.4, 0.5) is 5.69 Å². The van der Waals surface area contributed by atoms with E-state index in [1.54, 1.807) is 0 Å². The van der Waals surface area contributed by atoms with Gasteiger partial charge in [-0.15, -0.1) is 0 Å². The van der Waals surface area contributed by atoms with Crippen LogP contribution in [0.1, 0.15) is 30.5 Å². The van der Waals surface area contributed by atoms with Gasteiger partial charge in [-0.1, -0.05) is 36.4 Å². The summed E-state index contributed by atoms with van der Waals surface area (Å²) in [7, 11) is 0. The number of nitrogens with zero attached hydrogens (tertiary/aromatic N) is 2. The van der Waals surface area contributed by atoms with Crippen LogP contribution in [0.3, 0.4) is 0 Å². The van der Waals surface area contributed by atoms with Crippen LogP contribution in [0.5, 0.6) is 0 Å². The van der Waals surface area contributed by atoms with Crippen molar-refractivity contribution < 1.29 is 9.59 Å². The summed E-state index contributed by atoms with van der Waals surface area (Å²) in [6.07, 6.45) is 3.65. The molecule has 1 fully saturated rings. The molecule has 3 heterocycles. The van der Waals surface area contributed by atoms with Crippen LogP contribution in [0.15, 0.2) is 60.3 Å². The zero-order chi connectivity index (χ0) is 22.1. The van der Waals surface area contributed by atoms with Crippen molar-refractivity contribution >= 4 is 34.0 Å². The SMILES string of the molecule is Cc1c(C2=C(Nc3ccccc3)C(=O)NC2=O)c2ccccc2n1CCCN1CCCC1. The Morgan fingerprint density at radius 2 is 1.62 bits per heavy atom. The summed E-state index contributed by atoms with van der Waals surface area (Å²) >= 11 is 0. The minimum Gasteiger partial charge on any atom is -0.350 e. The number of hydrogen-bond donors (Lipinski definition) is 2. The van der Waals surface area contributed by atoms with E-state index >= 15 is 0 Å². The van der Waals surface area contributed by atoms with Gasteiger partial charge in [0.25, 0.3) is 11.8 Å². The van der Waals surface area contributed by atoms with Gasteiger partial charge in [0, 0.05) is 34.4 Å². The van der Waals surface area contributed by atoms with E-state index in [0.717, 1.165) is 47.4 Å². The summed E-state index contributed by atoms with van der Waals surface area (Å²) in [5, 5.41) is 6.67. The minimum absolute atomic E-state index is 0.310. The molecule has 0 radical (unpaired) electrons. The maximum atomic E-state index is 12.9. The second kappa shape index (κ2) is 8.63. The van der Waals surface area contributed by atoms with E-state index in [-0.39, 0.29) is 11.8 Å². The van der Waals surface area contributed by atoms with Crippen LogP contribution in [0.25, 0.3) is 16.5 Å². The van der Waals surface area contributed by atoms with Gasteiger partial charge in [0.1, 0.15) is 5.70 Å². The van der Waals surface area contributed by atoms with E-state index in [1.807, 2.05) is 48.5 Å². The Kier molecular flexibility index (Phi) is 5.53. The molecule has 0 bridgehead atoms. The molecular formula is C26H28N4O2. The zero-order valence-corrected chi connectivity index (χ0v) is 18.4. The van der Waals surface area contributed by atoms with Crippen molar-refractivity contribution in [1.29, 1.82) is 0 Å². The molecule has 0 atom stereocenters. The summed E-state index contributed by atoms with van der Waals surface area (Å²) in [6, 6.07) is 17.6. The number of aryl methyl sites for hydroxylation is 1. The summed E-state index contributed by atoms with van der Waals surface area (Å²) < 4.78 is 2.30. The monoisotopic (exact) mass is 428 g/mol. The highest BCUT2D eigenvalue weighted by molar-refractivity contribution is 6.38. The third-order valence-electron chi connectivity index (χ3n) is 6.51. The zero-order valence-electron chi connectivity index (χ0n) is 18.4. The fraction of sp³-hybridized carbons (Fsp3) is 0.308. The molecule has 2 aliphatic heterocycles. The van der Waals surface area contributed by atoms with Crippen molar-refractivity contribution in [1.82, 2.24) is 14.8 Å². The van der Waals surface area contributed by atoms with Gasteiger partial charge in [-0.05, 0) is 64.0 Å². The van der Waals surface area contributed by atoms with Gasteiger partial charge in [-0.2, -0.15) is 0 Å². The average Bonchev–Trinajstić information content (AvgIpc) is 3.48. The van der Waals surface area contributed by atoms with E-state index in [4.69, 9.17) is 0 Å². The van der Waals surface area contributed by atoms with E-state index in [9.17, 15) is 9.59 Å². The van der Waals surface area contributed by atoms with Crippen molar-refractivity contribution in [2.24, 2.45) is 0 Å². The number of carbonyl (C=O) groups excluding carboxylic acids is 2. The van der Waals surface area contributed by atoms with Gasteiger partial charge in [0.2, 0.25) is 0 Å². The smallest absolute Gasteiger partial charge is 0.275 e. The summed E-state index contributed by atoms with van der Waals surface area (Å²) in [4.78, 5) is 28.1. The number of nitrogens with one attached hydrogen (secondary N) is 2. The fourth-order valence-electron chi connectivity index (χ4n) is 4.97. The number of para-hydroxylation sites is 2. The average molecular weight is 429 g/mol. The third kappa shape index (κ3) is 3.71. The third-order valence-corrected chi connectivity index (χ3v) is 6.51. The first-order valence-corrected chi connectivity index (χ1v) is 11.4. The number of rotatable bonds is 7. The Hall–Kier alpha value is -3.38. The van der Waals surface area contributed by atoms with Gasteiger partial charge in [0.05, 0.1) is 5.57 Å². The summed E-state index contributed by atoms with van der Waals surface area (Å²) in [5.41, 5.74) is 4.45. The summed E-state index contributed by atoms with van der Waals surface area (Å²) in [6.45, 7) is 6.41. The van der Waals surface area contributed by atoms with Gasteiger partial charge < -0.3 is 14.8 Å². The molecule has 0 unspecified atom stereocenters. The molecule has 0 aliphatic carbocycles. The number of carbonyl (C=O) groups is 2. The first kappa shape index (κ1) is 20.5. The van der Waals surface area contributed by atoms with E-state index < -0.39 is 0 Å². The van der Waals surface area contributed by atoms with Crippen molar-refractivity contribution in [2.75, 3.05) is 25.0 Å². The lowest BCUT2D eigenvalue weighted by molar-refractivity contribution is -0.123. The van der Waals surface area contributed by atoms with E-state index in [2.05, 4.69) is 33.1 Å². The van der Waals surface area contributed by atoms with Crippen LogP contribution in [-0.4, -0.2) is 40.9 Å². The largest absolute Gasteiger partial charge is 0.350 e. The molecule has 164 valence electrons. The Labute approximate surface area is 187 Å². The fourth-order valence-corrected chi connectivity index (χ4v) is 4.97. The molecule has 6 nitrogen and oxygen atoms in total. The number of aromatic nitrogens is 1. The predicted molar refractivity (Wildman–Crippen MR) is 127 cm³/mol. The van der Waals surface area contributed by atoms with Crippen LogP contribution >= 0.6 is 0 Å². The highest BCUT2D eigenvalue weighted by Crippen LogP contribution is 2.35. The Bertz CT molecular complexity index is 1200. The Morgan fingerprint density at radius 1 is 0.906 bits per heavy atom. The molecule has 5 rings (SSSR count). The number of hydrogen-bond acceptors (Lipinski definition) is 4. The Morgan fingerprint density at radius 3 is 2.41 bits per heavy atom. The maximum Gasteiger partial charge on any atom is 0.275 e. The molecule has 2 amide bonds. The van der Waals surface area contributed by atoms with Gasteiger partial charge in [0.15, 0.2) is 0 Å². The molecule has 2 N–H and O–H groups in total. The van der Waals surface area contributed by atoms with Gasteiger partial charge in [-0.25, -0.2) is 0 Å². The van der Waals surface area contributed by atoms with Crippen molar-refractivity contribution in [3.63, 3.8) is 0 Å². The van der Waals surface area contributed by atoms with Crippen molar-refractivity contribution in [3.8, 4) is 0 Å². The number of likely N-dealkylation sites (tertiary alicyclic amines) is 1. The van der Waals surface area contributed by atoms with Crippen molar-refractivity contribution in [2.45, 2.75) is 32.7 Å². The molecular weight excluding hydrogens is 400 g/mol. The topological polar surface area (TPSA) is 66.4 Å². The number of imide groups is 1. The van der Waals surface area contributed by atoms with Crippen molar-refractivity contribution in [3.05, 3.63) is 71.6 Å². The van der Waals surface area contributed by atoms with E-state index in [1.165, 1.54) is 25.9 Å². The predicted octanol–water partition coefficient (Wildman–Crippen LogP) is 3.92. The van der Waals surface area contributed by atoms with Crippen LogP contribution in [0, 0.1) is 6.92 Å². The van der Waals surface area contributed by atoms with Gasteiger partial charge >= 0.3 is 0 Å². The number of anilines is 1. The lowest BCUT2D eigenvalue weighted by Gasteiger charge is -2.15. The quantitative estimate of drug-likeness (QED) is 0.560. The van der Waals surface area contributed by atoms with E-state index in [0.29, 0.717) is 11.3 Å². The molecule has 6 heteroatoms. The number of amides is 2. The molecule has 0 spiro atoms. The standard InChI is InChI=1S/C26H28N4O2/c1-18-22(23-24(26(32)28-25(23)31)27-19-10-3-2-4-11-19)20-12-5-6-13-21(20)30(18)17-9-16-29-14-7-8-15-29/h2-6,10-13H,7-9,14-17H2,1H3,(H2,27,28,31,32). The second-order valence-corrected chi connectivity index (χ2v) is 8.56. The highest BCUT2D eigenvalue weighted by Gasteiger charge is 2.34. The molecule has 2 aliphatic rings. The Balaban J connectivity index is 1.55.